The number of nitrogens with zero attached hydrogens (tertiary/aromatic N) is 1. The molecule has 0 fully saturated rings. The van der Waals surface area contributed by atoms with Crippen LogP contribution in [-0.4, -0.2) is 22.9 Å². The molecule has 0 bridgehead atoms. The van der Waals surface area contributed by atoms with Gasteiger partial charge in [0.1, 0.15) is 5.69 Å². The smallest absolute Gasteiger partial charge is 0.267 e. The first-order valence-corrected chi connectivity index (χ1v) is 4.17. The van der Waals surface area contributed by atoms with Crippen molar-refractivity contribution < 1.29 is 4.79 Å². The number of hydrogen-bond acceptors (Lipinski definition) is 3. The van der Waals surface area contributed by atoms with Crippen LogP contribution in [-0.2, 0) is 0 Å². The summed E-state index contributed by atoms with van der Waals surface area (Å²) in [5.74, 6) is -0.178. The van der Waals surface area contributed by atoms with E-state index in [1.165, 1.54) is 0 Å². The first kappa shape index (κ1) is 8.55. The van der Waals surface area contributed by atoms with Gasteiger partial charge in [-0.1, -0.05) is 0 Å². The SMILES string of the molecule is CNC(=O)c1cc2nccc(N)c2[nH]1. The minimum atomic E-state index is -0.178. The summed E-state index contributed by atoms with van der Waals surface area (Å²) in [4.78, 5) is 18.3. The molecule has 2 aromatic heterocycles. The highest BCUT2D eigenvalue weighted by atomic mass is 16.1. The Kier molecular flexibility index (Phi) is 1.85. The number of nitrogen functional groups attached to an aromatic ring is 1. The van der Waals surface area contributed by atoms with Crippen LogP contribution in [0.15, 0.2) is 18.3 Å². The standard InChI is InChI=1S/C9H10N4O/c1-11-9(14)7-4-6-8(13-7)5(10)2-3-12-6/h2-4,13H,1H3,(H2,10,12)(H,11,14). The molecule has 0 spiro atoms. The number of nitrogens with one attached hydrogen (secondary N) is 2. The molecule has 0 unspecified atom stereocenters. The van der Waals surface area contributed by atoms with Crippen LogP contribution in [0, 0.1) is 0 Å². The van der Waals surface area contributed by atoms with Gasteiger partial charge in [0, 0.05) is 13.2 Å². The number of aromatic nitrogens is 2. The third kappa shape index (κ3) is 1.19. The lowest BCUT2D eigenvalue weighted by Crippen LogP contribution is -2.17. The minimum absolute atomic E-state index is 0.178. The second kappa shape index (κ2) is 3.02. The van der Waals surface area contributed by atoms with Gasteiger partial charge in [0.25, 0.3) is 5.91 Å². The fraction of sp³-hybridized carbons (Fsp3) is 0.111. The topological polar surface area (TPSA) is 83.8 Å². The molecular weight excluding hydrogens is 180 g/mol. The van der Waals surface area contributed by atoms with Gasteiger partial charge in [-0.05, 0) is 12.1 Å². The molecule has 0 aromatic carbocycles. The molecule has 4 N–H and O–H groups in total. The van der Waals surface area contributed by atoms with E-state index in [1.807, 2.05) is 0 Å². The number of anilines is 1. The Morgan fingerprint density at radius 1 is 1.64 bits per heavy atom. The molecule has 14 heavy (non-hydrogen) atoms. The Labute approximate surface area is 80.3 Å². The van der Waals surface area contributed by atoms with Gasteiger partial charge >= 0.3 is 0 Å². The van der Waals surface area contributed by atoms with Gasteiger partial charge in [0.15, 0.2) is 0 Å². The van der Waals surface area contributed by atoms with Crippen LogP contribution in [0.25, 0.3) is 11.0 Å². The summed E-state index contributed by atoms with van der Waals surface area (Å²) in [5, 5.41) is 2.52. The zero-order valence-corrected chi connectivity index (χ0v) is 7.66. The van der Waals surface area contributed by atoms with Crippen molar-refractivity contribution in [2.24, 2.45) is 0 Å². The van der Waals surface area contributed by atoms with Crippen LogP contribution in [0.4, 0.5) is 5.69 Å². The van der Waals surface area contributed by atoms with Crippen molar-refractivity contribution >= 4 is 22.6 Å². The largest absolute Gasteiger partial charge is 0.397 e. The molecule has 2 aromatic rings. The van der Waals surface area contributed by atoms with Crippen LogP contribution in [0.1, 0.15) is 10.5 Å². The van der Waals surface area contributed by atoms with Crippen LogP contribution < -0.4 is 11.1 Å². The van der Waals surface area contributed by atoms with Gasteiger partial charge in [0.05, 0.1) is 16.7 Å². The monoisotopic (exact) mass is 190 g/mol. The van der Waals surface area contributed by atoms with Crippen molar-refractivity contribution in [2.45, 2.75) is 0 Å². The molecule has 5 heteroatoms. The molecular formula is C9H10N4O. The first-order valence-electron chi connectivity index (χ1n) is 4.17. The van der Waals surface area contributed by atoms with E-state index in [9.17, 15) is 4.79 Å². The van der Waals surface area contributed by atoms with E-state index >= 15 is 0 Å². The third-order valence-corrected chi connectivity index (χ3v) is 2.02. The first-order chi connectivity index (χ1) is 6.72. The molecule has 0 saturated heterocycles. The molecule has 2 heterocycles. The second-order valence-corrected chi connectivity index (χ2v) is 2.92. The number of H-pyrrole nitrogens is 1. The lowest BCUT2D eigenvalue weighted by Gasteiger charge is -1.94. The van der Waals surface area contributed by atoms with E-state index in [0.29, 0.717) is 22.4 Å². The molecule has 5 nitrogen and oxygen atoms in total. The minimum Gasteiger partial charge on any atom is -0.397 e. The summed E-state index contributed by atoms with van der Waals surface area (Å²) in [7, 11) is 1.57. The summed E-state index contributed by atoms with van der Waals surface area (Å²) in [6.07, 6.45) is 1.61. The molecule has 0 radical (unpaired) electrons. The van der Waals surface area contributed by atoms with Gasteiger partial charge in [0.2, 0.25) is 0 Å². The summed E-state index contributed by atoms with van der Waals surface area (Å²) in [5.41, 5.74) is 8.16. The number of pyridine rings is 1. The number of aromatic amines is 1. The van der Waals surface area contributed by atoms with Crippen molar-refractivity contribution in [1.82, 2.24) is 15.3 Å². The molecule has 1 amide bonds. The number of amides is 1. The molecule has 0 aliphatic heterocycles. The molecule has 0 saturated carbocycles. The maximum Gasteiger partial charge on any atom is 0.267 e. The molecule has 0 aliphatic carbocycles. The number of rotatable bonds is 1. The van der Waals surface area contributed by atoms with Gasteiger partial charge < -0.3 is 16.0 Å². The third-order valence-electron chi connectivity index (χ3n) is 2.02. The number of hydrogen-bond donors (Lipinski definition) is 3. The summed E-state index contributed by atoms with van der Waals surface area (Å²) in [6, 6.07) is 3.36. The fourth-order valence-electron chi connectivity index (χ4n) is 1.30. The molecule has 2 rings (SSSR count). The highest BCUT2D eigenvalue weighted by molar-refractivity contribution is 5.99. The van der Waals surface area contributed by atoms with Gasteiger partial charge in [-0.15, -0.1) is 0 Å². The highest BCUT2D eigenvalue weighted by Gasteiger charge is 2.09. The van der Waals surface area contributed by atoms with Crippen molar-refractivity contribution in [3.05, 3.63) is 24.0 Å². The van der Waals surface area contributed by atoms with E-state index in [2.05, 4.69) is 15.3 Å². The Bertz CT molecular complexity index is 489. The summed E-state index contributed by atoms with van der Waals surface area (Å²) >= 11 is 0. The van der Waals surface area contributed by atoms with E-state index in [0.717, 1.165) is 0 Å². The quantitative estimate of drug-likeness (QED) is 0.612. The lowest BCUT2D eigenvalue weighted by molar-refractivity contribution is 0.0959. The molecule has 0 atom stereocenters. The number of carbonyl (C=O) groups excluding carboxylic acids is 1. The van der Waals surface area contributed by atoms with E-state index < -0.39 is 0 Å². The Morgan fingerprint density at radius 2 is 2.43 bits per heavy atom. The van der Waals surface area contributed by atoms with Crippen LogP contribution in [0.3, 0.4) is 0 Å². The average molecular weight is 190 g/mol. The Hall–Kier alpha value is -2.04. The number of nitrogens with two attached hydrogens (primary N) is 1. The number of fused-ring (bicyclic) bond motifs is 1. The Balaban J connectivity index is 2.62. The number of carbonyl (C=O) groups is 1. The van der Waals surface area contributed by atoms with E-state index in [-0.39, 0.29) is 5.91 Å². The van der Waals surface area contributed by atoms with Crippen molar-refractivity contribution in [2.75, 3.05) is 12.8 Å². The zero-order chi connectivity index (χ0) is 10.1. The predicted molar refractivity (Wildman–Crippen MR) is 53.9 cm³/mol. The van der Waals surface area contributed by atoms with Crippen LogP contribution in [0.5, 0.6) is 0 Å². The summed E-state index contributed by atoms with van der Waals surface area (Å²) in [6.45, 7) is 0. The maximum absolute atomic E-state index is 11.3. The maximum atomic E-state index is 11.3. The molecule has 0 aliphatic rings. The van der Waals surface area contributed by atoms with Crippen molar-refractivity contribution in [1.29, 1.82) is 0 Å². The van der Waals surface area contributed by atoms with Gasteiger partial charge in [-0.2, -0.15) is 0 Å². The Morgan fingerprint density at radius 3 is 3.07 bits per heavy atom. The van der Waals surface area contributed by atoms with Gasteiger partial charge in [-0.25, -0.2) is 0 Å². The van der Waals surface area contributed by atoms with Crippen molar-refractivity contribution in [3.8, 4) is 0 Å². The summed E-state index contributed by atoms with van der Waals surface area (Å²) < 4.78 is 0. The zero-order valence-electron chi connectivity index (χ0n) is 7.66. The predicted octanol–water partition coefficient (Wildman–Crippen LogP) is 0.505. The van der Waals surface area contributed by atoms with Crippen LogP contribution >= 0.6 is 0 Å². The van der Waals surface area contributed by atoms with Crippen LogP contribution in [0.2, 0.25) is 0 Å². The van der Waals surface area contributed by atoms with Crippen molar-refractivity contribution in [3.63, 3.8) is 0 Å². The van der Waals surface area contributed by atoms with E-state index in [4.69, 9.17) is 5.73 Å². The van der Waals surface area contributed by atoms with E-state index in [1.54, 1.807) is 25.4 Å². The highest BCUT2D eigenvalue weighted by Crippen LogP contribution is 2.18. The lowest BCUT2D eigenvalue weighted by atomic mass is 10.3. The fourth-order valence-corrected chi connectivity index (χ4v) is 1.30. The van der Waals surface area contributed by atoms with Gasteiger partial charge in [-0.3, -0.25) is 9.78 Å². The normalized spacial score (nSPS) is 10.4. The molecule has 72 valence electrons. The second-order valence-electron chi connectivity index (χ2n) is 2.92. The average Bonchev–Trinajstić information content (AvgIpc) is 2.62.